The minimum atomic E-state index is -4.13. The number of rotatable bonds is 16. The predicted molar refractivity (Wildman–Crippen MR) is 171 cm³/mol. The third-order valence-corrected chi connectivity index (χ3v) is 9.84. The van der Waals surface area contributed by atoms with Gasteiger partial charge in [-0.25, -0.2) is 8.42 Å². The maximum atomic E-state index is 13.8. The van der Waals surface area contributed by atoms with Crippen LogP contribution >= 0.6 is 0 Å². The van der Waals surface area contributed by atoms with Gasteiger partial charge in [-0.3, -0.25) is 14.5 Å². The zero-order valence-corrected chi connectivity index (χ0v) is 27.6. The molecule has 248 valence electrons. The Morgan fingerprint density at radius 1 is 1.02 bits per heavy atom. The summed E-state index contributed by atoms with van der Waals surface area (Å²) in [6.07, 6.45) is 1.33. The molecule has 11 nitrogen and oxygen atoms in total. The molecule has 0 saturated carbocycles. The Balaban J connectivity index is 1.45. The average Bonchev–Trinajstić information content (AvgIpc) is 3.66. The fraction of sp³-hybridized carbons (Fsp3) is 0.576. The van der Waals surface area contributed by atoms with E-state index in [0.717, 1.165) is 35.8 Å². The van der Waals surface area contributed by atoms with Crippen LogP contribution in [0, 0.1) is 11.3 Å². The largest absolute Gasteiger partial charge is 0.454 e. The van der Waals surface area contributed by atoms with Crippen molar-refractivity contribution in [2.24, 2.45) is 11.3 Å². The number of likely N-dealkylation sites (tertiary alicyclic amines) is 1. The summed E-state index contributed by atoms with van der Waals surface area (Å²) in [5.41, 5.74) is 0.421. The maximum absolute atomic E-state index is 13.8. The molecule has 12 heteroatoms. The monoisotopic (exact) mass is 644 g/mol. The van der Waals surface area contributed by atoms with Gasteiger partial charge in [-0.1, -0.05) is 58.0 Å². The van der Waals surface area contributed by atoms with Crippen LogP contribution in [0.1, 0.15) is 58.9 Å². The van der Waals surface area contributed by atoms with Crippen LogP contribution in [0.3, 0.4) is 0 Å². The molecule has 2 aromatic rings. The van der Waals surface area contributed by atoms with Gasteiger partial charge in [0.25, 0.3) is 0 Å². The summed E-state index contributed by atoms with van der Waals surface area (Å²) in [5, 5.41) is 17.5. The van der Waals surface area contributed by atoms with Crippen molar-refractivity contribution in [1.82, 2.24) is 19.8 Å². The van der Waals surface area contributed by atoms with Crippen LogP contribution in [0.2, 0.25) is 0 Å². The number of hydrogen-bond donors (Lipinski definition) is 3. The van der Waals surface area contributed by atoms with E-state index in [1.165, 1.54) is 12.1 Å². The van der Waals surface area contributed by atoms with E-state index in [4.69, 9.17) is 9.47 Å². The molecule has 2 aromatic carbocycles. The molecule has 2 unspecified atom stereocenters. The van der Waals surface area contributed by atoms with Gasteiger partial charge in [-0.2, -0.15) is 4.31 Å². The standard InChI is InChI=1S/C33H48N4O7S/c1-24(2)20-37(45(41,42)27-12-13-28-29(18-27)44-23-43-28)32(40)17-26(16-25-10-6-5-7-11-25)35-30(38)19-33(3,4)22-34-31(39)21-36-14-8-9-15-36/h5-7,10-13,18,24,26,32,40H,8-9,14-17,19-23H2,1-4H3,(H,34,39)(H,35,38). The lowest BCUT2D eigenvalue weighted by atomic mass is 9.88. The zero-order chi connectivity index (χ0) is 32.6. The highest BCUT2D eigenvalue weighted by atomic mass is 32.2. The Kier molecular flexibility index (Phi) is 11.9. The third kappa shape index (κ3) is 10.2. The van der Waals surface area contributed by atoms with Crippen molar-refractivity contribution in [2.45, 2.75) is 77.0 Å². The summed E-state index contributed by atoms with van der Waals surface area (Å²) in [6, 6.07) is 13.4. The van der Waals surface area contributed by atoms with Gasteiger partial charge in [-0.15, -0.1) is 0 Å². The molecule has 0 aromatic heterocycles. The van der Waals surface area contributed by atoms with Crippen molar-refractivity contribution in [1.29, 1.82) is 0 Å². The van der Waals surface area contributed by atoms with Crippen LogP contribution in [0.15, 0.2) is 53.4 Å². The van der Waals surface area contributed by atoms with Gasteiger partial charge in [0.15, 0.2) is 11.5 Å². The fourth-order valence-corrected chi connectivity index (χ4v) is 7.36. The van der Waals surface area contributed by atoms with E-state index < -0.39 is 27.7 Å². The van der Waals surface area contributed by atoms with Gasteiger partial charge in [0, 0.05) is 38.0 Å². The van der Waals surface area contributed by atoms with Crippen LogP contribution in [0.5, 0.6) is 11.5 Å². The highest BCUT2D eigenvalue weighted by molar-refractivity contribution is 7.89. The Morgan fingerprint density at radius 2 is 1.71 bits per heavy atom. The number of nitrogens with zero attached hydrogens (tertiary/aromatic N) is 2. The molecule has 0 aliphatic carbocycles. The highest BCUT2D eigenvalue weighted by Gasteiger charge is 2.34. The molecule has 3 N–H and O–H groups in total. The number of ether oxygens (including phenoxy) is 2. The number of carbonyl (C=O) groups is 2. The maximum Gasteiger partial charge on any atom is 0.245 e. The minimum absolute atomic E-state index is 0.0105. The number of sulfonamides is 1. The second-order valence-corrected chi connectivity index (χ2v) is 15.1. The fourth-order valence-electron chi connectivity index (χ4n) is 5.69. The van der Waals surface area contributed by atoms with Crippen molar-refractivity contribution in [3.63, 3.8) is 0 Å². The Morgan fingerprint density at radius 3 is 2.40 bits per heavy atom. The van der Waals surface area contributed by atoms with Gasteiger partial charge in [0.2, 0.25) is 28.6 Å². The van der Waals surface area contributed by atoms with Gasteiger partial charge in [0.1, 0.15) is 6.23 Å². The number of amides is 2. The van der Waals surface area contributed by atoms with E-state index in [0.29, 0.717) is 31.0 Å². The van der Waals surface area contributed by atoms with E-state index >= 15 is 0 Å². The molecular formula is C33H48N4O7S. The predicted octanol–water partition coefficient (Wildman–Crippen LogP) is 3.13. The number of fused-ring (bicyclic) bond motifs is 1. The first-order chi connectivity index (χ1) is 21.3. The lowest BCUT2D eigenvalue weighted by molar-refractivity contribution is -0.126. The number of nitrogens with one attached hydrogen (secondary N) is 2. The third-order valence-electron chi connectivity index (χ3n) is 7.98. The van der Waals surface area contributed by atoms with Crippen LogP contribution in [0.4, 0.5) is 0 Å². The van der Waals surface area contributed by atoms with Crippen molar-refractivity contribution in [3.05, 3.63) is 54.1 Å². The normalized spacial score (nSPS) is 16.6. The summed E-state index contributed by atoms with van der Waals surface area (Å²) < 4.78 is 39.5. The molecule has 0 radical (unpaired) electrons. The molecule has 2 aliphatic heterocycles. The molecule has 2 atom stereocenters. The smallest absolute Gasteiger partial charge is 0.245 e. The summed E-state index contributed by atoms with van der Waals surface area (Å²) in [6.45, 7) is 10.3. The van der Waals surface area contributed by atoms with E-state index in [9.17, 15) is 23.1 Å². The molecule has 2 heterocycles. The molecule has 4 rings (SSSR count). The van der Waals surface area contributed by atoms with Crippen LogP contribution in [0.25, 0.3) is 0 Å². The van der Waals surface area contributed by atoms with E-state index in [1.54, 1.807) is 6.07 Å². The van der Waals surface area contributed by atoms with Crippen molar-refractivity contribution >= 4 is 21.8 Å². The number of aliphatic hydroxyl groups excluding tert-OH is 1. The molecule has 45 heavy (non-hydrogen) atoms. The van der Waals surface area contributed by atoms with Gasteiger partial charge in [-0.05, 0) is 61.4 Å². The summed E-state index contributed by atoms with van der Waals surface area (Å²) >= 11 is 0. The first-order valence-corrected chi connectivity index (χ1v) is 17.2. The Hall–Kier alpha value is -3.19. The summed E-state index contributed by atoms with van der Waals surface area (Å²) in [5.74, 6) is 0.427. The first-order valence-electron chi connectivity index (χ1n) is 15.7. The van der Waals surface area contributed by atoms with Gasteiger partial charge in [0.05, 0.1) is 11.4 Å². The highest BCUT2D eigenvalue weighted by Crippen LogP contribution is 2.35. The molecule has 2 aliphatic rings. The summed E-state index contributed by atoms with van der Waals surface area (Å²) in [7, 11) is -4.13. The SMILES string of the molecule is CC(C)CN(C(O)CC(Cc1ccccc1)NC(=O)CC(C)(C)CNC(=O)CN1CCCC1)S(=O)(=O)c1ccc2c(c1)OCO2. The second-order valence-electron chi connectivity index (χ2n) is 13.3. The Bertz CT molecular complexity index is 1400. The van der Waals surface area contributed by atoms with Crippen molar-refractivity contribution < 1.29 is 32.6 Å². The number of benzene rings is 2. The topological polar surface area (TPSA) is 138 Å². The van der Waals surface area contributed by atoms with Crippen LogP contribution in [-0.2, 0) is 26.0 Å². The van der Waals surface area contributed by atoms with Crippen molar-refractivity contribution in [3.8, 4) is 11.5 Å². The summed E-state index contributed by atoms with van der Waals surface area (Å²) in [4.78, 5) is 28.0. The lowest BCUT2D eigenvalue weighted by Gasteiger charge is -2.32. The van der Waals surface area contributed by atoms with E-state index in [2.05, 4.69) is 15.5 Å². The molecule has 0 spiro atoms. The zero-order valence-electron chi connectivity index (χ0n) is 26.8. The van der Waals surface area contributed by atoms with Crippen molar-refractivity contribution in [2.75, 3.05) is 39.5 Å². The Labute approximate surface area is 267 Å². The van der Waals surface area contributed by atoms with E-state index in [-0.39, 0.29) is 48.8 Å². The van der Waals surface area contributed by atoms with E-state index in [1.807, 2.05) is 58.0 Å². The molecule has 2 amide bonds. The number of aliphatic hydroxyl groups is 1. The van der Waals surface area contributed by atoms with Gasteiger partial charge < -0.3 is 25.2 Å². The van der Waals surface area contributed by atoms with Gasteiger partial charge >= 0.3 is 0 Å². The lowest BCUT2D eigenvalue weighted by Crippen LogP contribution is -2.48. The number of hydrogen-bond acceptors (Lipinski definition) is 8. The molecule has 1 fully saturated rings. The van der Waals surface area contributed by atoms with Crippen LogP contribution < -0.4 is 20.1 Å². The second kappa shape index (κ2) is 15.4. The van der Waals surface area contributed by atoms with Crippen LogP contribution in [-0.4, -0.2) is 86.3 Å². The molecule has 1 saturated heterocycles. The minimum Gasteiger partial charge on any atom is -0.454 e. The molecular weight excluding hydrogens is 596 g/mol. The molecule has 0 bridgehead atoms. The number of carbonyl (C=O) groups excluding carboxylic acids is 2. The average molecular weight is 645 g/mol. The first kappa shape index (κ1) is 34.7. The quantitative estimate of drug-likeness (QED) is 0.237.